The third-order valence-corrected chi connectivity index (χ3v) is 4.23. The van der Waals surface area contributed by atoms with Crippen molar-refractivity contribution in [3.8, 4) is 17.1 Å². The van der Waals surface area contributed by atoms with Crippen LogP contribution in [-0.2, 0) is 0 Å². The Bertz CT molecular complexity index is 1230. The molecule has 0 atom stereocenters. The molecule has 2 aromatic heterocycles. The molecule has 2 aromatic carbocycles. The summed E-state index contributed by atoms with van der Waals surface area (Å²) in [5.74, 6) is -0.0943. The topological polar surface area (TPSA) is 94.3 Å². The van der Waals surface area contributed by atoms with Crippen molar-refractivity contribution < 1.29 is 13.9 Å². The van der Waals surface area contributed by atoms with Gasteiger partial charge in [0, 0.05) is 22.7 Å². The molecule has 144 valence electrons. The number of fused-ring (bicyclic) bond motifs is 1. The number of anilines is 1. The van der Waals surface area contributed by atoms with Crippen LogP contribution in [0.4, 0.5) is 5.69 Å². The Morgan fingerprint density at radius 3 is 2.69 bits per heavy atom. The summed E-state index contributed by atoms with van der Waals surface area (Å²) in [6.07, 6.45) is 0. The lowest BCUT2D eigenvalue weighted by atomic mass is 10.1. The smallest absolute Gasteiger partial charge is 0.349 e. The SMILES string of the molecule is CCOc1ccc(-c2cccc(NC(=O)c3cc4ccccc4oc3=O)c2)nn1. The van der Waals surface area contributed by atoms with Crippen molar-refractivity contribution in [3.63, 3.8) is 0 Å². The van der Waals surface area contributed by atoms with E-state index in [0.29, 0.717) is 34.8 Å². The van der Waals surface area contributed by atoms with Crippen molar-refractivity contribution in [3.05, 3.63) is 82.7 Å². The number of nitrogens with one attached hydrogen (secondary N) is 1. The highest BCUT2D eigenvalue weighted by Crippen LogP contribution is 2.22. The Balaban J connectivity index is 1.58. The molecule has 29 heavy (non-hydrogen) atoms. The summed E-state index contributed by atoms with van der Waals surface area (Å²) in [5, 5.41) is 11.6. The van der Waals surface area contributed by atoms with Crippen molar-refractivity contribution in [1.29, 1.82) is 0 Å². The van der Waals surface area contributed by atoms with Gasteiger partial charge in [-0.2, -0.15) is 0 Å². The lowest BCUT2D eigenvalue weighted by Gasteiger charge is -2.08. The Morgan fingerprint density at radius 1 is 1.03 bits per heavy atom. The van der Waals surface area contributed by atoms with E-state index in [0.717, 1.165) is 5.56 Å². The van der Waals surface area contributed by atoms with E-state index in [1.807, 2.05) is 19.1 Å². The van der Waals surface area contributed by atoms with Crippen molar-refractivity contribution >= 4 is 22.6 Å². The van der Waals surface area contributed by atoms with Gasteiger partial charge in [-0.25, -0.2) is 4.79 Å². The summed E-state index contributed by atoms with van der Waals surface area (Å²) < 4.78 is 10.5. The summed E-state index contributed by atoms with van der Waals surface area (Å²) in [7, 11) is 0. The summed E-state index contributed by atoms with van der Waals surface area (Å²) in [5.41, 5.74) is 1.62. The van der Waals surface area contributed by atoms with E-state index in [9.17, 15) is 9.59 Å². The summed E-state index contributed by atoms with van der Waals surface area (Å²) in [4.78, 5) is 24.8. The second kappa shape index (κ2) is 7.93. The van der Waals surface area contributed by atoms with Gasteiger partial charge in [-0.05, 0) is 37.3 Å². The lowest BCUT2D eigenvalue weighted by Crippen LogP contribution is -2.20. The average Bonchev–Trinajstić information content (AvgIpc) is 2.74. The van der Waals surface area contributed by atoms with Crippen LogP contribution < -0.4 is 15.7 Å². The number of amides is 1. The molecule has 0 aliphatic carbocycles. The van der Waals surface area contributed by atoms with E-state index in [4.69, 9.17) is 9.15 Å². The van der Waals surface area contributed by atoms with Gasteiger partial charge in [0.15, 0.2) is 0 Å². The zero-order chi connectivity index (χ0) is 20.2. The van der Waals surface area contributed by atoms with Gasteiger partial charge in [-0.15, -0.1) is 10.2 Å². The fourth-order valence-electron chi connectivity index (χ4n) is 2.87. The van der Waals surface area contributed by atoms with Crippen molar-refractivity contribution in [2.45, 2.75) is 6.92 Å². The highest BCUT2D eigenvalue weighted by atomic mass is 16.5. The number of hydrogen-bond acceptors (Lipinski definition) is 6. The number of carbonyl (C=O) groups excluding carboxylic acids is 1. The van der Waals surface area contributed by atoms with Gasteiger partial charge in [0.25, 0.3) is 5.91 Å². The van der Waals surface area contributed by atoms with E-state index >= 15 is 0 Å². The van der Waals surface area contributed by atoms with E-state index in [1.165, 1.54) is 6.07 Å². The zero-order valence-electron chi connectivity index (χ0n) is 15.6. The molecule has 0 radical (unpaired) electrons. The van der Waals surface area contributed by atoms with Gasteiger partial charge in [-0.3, -0.25) is 4.79 Å². The summed E-state index contributed by atoms with van der Waals surface area (Å²) in [6.45, 7) is 2.39. The van der Waals surface area contributed by atoms with Gasteiger partial charge >= 0.3 is 5.63 Å². The minimum atomic E-state index is -0.685. The maximum atomic E-state index is 12.6. The molecule has 0 aliphatic rings. The molecule has 2 heterocycles. The van der Waals surface area contributed by atoms with Gasteiger partial charge in [-0.1, -0.05) is 30.3 Å². The summed E-state index contributed by atoms with van der Waals surface area (Å²) >= 11 is 0. The quantitative estimate of drug-likeness (QED) is 0.522. The lowest BCUT2D eigenvalue weighted by molar-refractivity contribution is 0.102. The molecule has 0 spiro atoms. The highest BCUT2D eigenvalue weighted by Gasteiger charge is 2.14. The predicted octanol–water partition coefficient (Wildman–Crippen LogP) is 3.90. The maximum absolute atomic E-state index is 12.6. The van der Waals surface area contributed by atoms with Crippen LogP contribution in [0.15, 0.2) is 75.9 Å². The molecule has 0 aliphatic heterocycles. The Hall–Kier alpha value is -4.00. The van der Waals surface area contributed by atoms with Crippen LogP contribution in [0.2, 0.25) is 0 Å². The Morgan fingerprint density at radius 2 is 1.90 bits per heavy atom. The number of hydrogen-bond donors (Lipinski definition) is 1. The number of carbonyl (C=O) groups is 1. The number of ether oxygens (including phenoxy) is 1. The Labute approximate surface area is 166 Å². The van der Waals surface area contributed by atoms with E-state index in [2.05, 4.69) is 15.5 Å². The van der Waals surface area contributed by atoms with Crippen molar-refractivity contribution in [2.24, 2.45) is 0 Å². The van der Waals surface area contributed by atoms with Crippen LogP contribution >= 0.6 is 0 Å². The first kappa shape index (κ1) is 18.4. The first-order valence-corrected chi connectivity index (χ1v) is 9.05. The maximum Gasteiger partial charge on any atom is 0.349 e. The molecular weight excluding hydrogens is 370 g/mol. The van der Waals surface area contributed by atoms with E-state index in [-0.39, 0.29) is 5.56 Å². The van der Waals surface area contributed by atoms with Crippen molar-refractivity contribution in [2.75, 3.05) is 11.9 Å². The highest BCUT2D eigenvalue weighted by molar-refractivity contribution is 6.05. The van der Waals surface area contributed by atoms with Crippen LogP contribution in [-0.4, -0.2) is 22.7 Å². The third kappa shape index (κ3) is 3.98. The first-order valence-electron chi connectivity index (χ1n) is 9.05. The number of aromatic nitrogens is 2. The van der Waals surface area contributed by atoms with Gasteiger partial charge in [0.2, 0.25) is 5.88 Å². The fourth-order valence-corrected chi connectivity index (χ4v) is 2.87. The third-order valence-electron chi connectivity index (χ3n) is 4.23. The second-order valence-corrected chi connectivity index (χ2v) is 6.21. The predicted molar refractivity (Wildman–Crippen MR) is 109 cm³/mol. The molecule has 4 rings (SSSR count). The fraction of sp³-hybridized carbons (Fsp3) is 0.0909. The largest absolute Gasteiger partial charge is 0.477 e. The molecule has 1 amide bonds. The monoisotopic (exact) mass is 387 g/mol. The number of para-hydroxylation sites is 1. The molecule has 0 fully saturated rings. The number of rotatable bonds is 5. The summed E-state index contributed by atoms with van der Waals surface area (Å²) in [6, 6.07) is 19.2. The first-order chi connectivity index (χ1) is 14.1. The normalized spacial score (nSPS) is 10.7. The Kier molecular flexibility index (Phi) is 5.03. The van der Waals surface area contributed by atoms with Crippen LogP contribution in [0.3, 0.4) is 0 Å². The van der Waals surface area contributed by atoms with Crippen molar-refractivity contribution in [1.82, 2.24) is 10.2 Å². The molecule has 4 aromatic rings. The van der Waals surface area contributed by atoms with Gasteiger partial charge in [0.05, 0.1) is 12.3 Å². The van der Waals surface area contributed by atoms with Gasteiger partial charge in [0.1, 0.15) is 11.1 Å². The zero-order valence-corrected chi connectivity index (χ0v) is 15.6. The minimum Gasteiger partial charge on any atom is -0.477 e. The van der Waals surface area contributed by atoms with Crippen LogP contribution in [0.1, 0.15) is 17.3 Å². The minimum absolute atomic E-state index is 0.0602. The van der Waals surface area contributed by atoms with Crippen LogP contribution in [0.25, 0.3) is 22.2 Å². The van der Waals surface area contributed by atoms with Crippen LogP contribution in [0, 0.1) is 0 Å². The van der Waals surface area contributed by atoms with E-state index < -0.39 is 11.5 Å². The molecule has 7 heteroatoms. The molecule has 0 saturated heterocycles. The number of nitrogens with zero attached hydrogens (tertiary/aromatic N) is 2. The second-order valence-electron chi connectivity index (χ2n) is 6.21. The van der Waals surface area contributed by atoms with E-state index in [1.54, 1.807) is 48.5 Å². The molecule has 7 nitrogen and oxygen atoms in total. The molecule has 0 saturated carbocycles. The van der Waals surface area contributed by atoms with Gasteiger partial charge < -0.3 is 14.5 Å². The molecule has 0 bridgehead atoms. The molecule has 0 unspecified atom stereocenters. The number of benzene rings is 2. The standard InChI is InChI=1S/C22H17N3O4/c1-2-28-20-11-10-18(24-25-20)14-7-5-8-16(12-14)23-21(26)17-13-15-6-3-4-9-19(15)29-22(17)27/h3-13H,2H2,1H3,(H,23,26). The van der Waals surface area contributed by atoms with Crippen LogP contribution in [0.5, 0.6) is 5.88 Å². The molecule has 1 N–H and O–H groups in total. The average molecular weight is 387 g/mol. The molecular formula is C22H17N3O4.